The van der Waals surface area contributed by atoms with Crippen LogP contribution in [0.1, 0.15) is 16.8 Å². The predicted molar refractivity (Wildman–Crippen MR) is 86.1 cm³/mol. The summed E-state index contributed by atoms with van der Waals surface area (Å²) in [6.45, 7) is 0.140. The van der Waals surface area contributed by atoms with E-state index in [1.165, 1.54) is 18.1 Å². The predicted octanol–water partition coefficient (Wildman–Crippen LogP) is 0.813. The highest BCUT2D eigenvalue weighted by Crippen LogP contribution is 2.34. The first-order chi connectivity index (χ1) is 11.4. The number of hydrogen-bond acceptors (Lipinski definition) is 6. The first-order valence-electron chi connectivity index (χ1n) is 7.54. The van der Waals surface area contributed by atoms with Crippen molar-refractivity contribution in [2.45, 2.75) is 17.7 Å². The maximum Gasteiger partial charge on any atom is 0.349 e. The van der Waals surface area contributed by atoms with Crippen LogP contribution in [-0.2, 0) is 9.84 Å². The molecule has 2 unspecified atom stereocenters. The van der Waals surface area contributed by atoms with E-state index in [1.807, 2.05) is 0 Å². The monoisotopic (exact) mass is 349 g/mol. The summed E-state index contributed by atoms with van der Waals surface area (Å²) >= 11 is 0. The Kier molecular flexibility index (Phi) is 3.21. The zero-order chi connectivity index (χ0) is 17.1. The second kappa shape index (κ2) is 5.07. The largest absolute Gasteiger partial charge is 0.493 e. The van der Waals surface area contributed by atoms with Crippen LogP contribution in [0.3, 0.4) is 0 Å². The zero-order valence-electron chi connectivity index (χ0n) is 12.9. The smallest absolute Gasteiger partial charge is 0.349 e. The highest BCUT2D eigenvalue weighted by Gasteiger charge is 2.50. The Morgan fingerprint density at radius 2 is 2.17 bits per heavy atom. The molecule has 0 aliphatic carbocycles. The Morgan fingerprint density at radius 3 is 2.79 bits per heavy atom. The number of fused-ring (bicyclic) bond motifs is 3. The van der Waals surface area contributed by atoms with Gasteiger partial charge in [0.25, 0.3) is 5.91 Å². The van der Waals surface area contributed by atoms with Crippen LogP contribution in [0.25, 0.3) is 11.0 Å². The number of carbonyl (C=O) groups excluding carboxylic acids is 1. The third-order valence-electron chi connectivity index (χ3n) is 4.74. The molecule has 2 fully saturated rings. The molecule has 1 aromatic heterocycles. The quantitative estimate of drug-likeness (QED) is 0.745. The average Bonchev–Trinajstić information content (AvgIpc) is 3.09. The molecule has 2 aliphatic rings. The number of ether oxygens (including phenoxy) is 1. The third-order valence-corrected chi connectivity index (χ3v) is 6.95. The minimum atomic E-state index is -3.10. The molecule has 1 aromatic carbocycles. The molecule has 7 nitrogen and oxygen atoms in total. The van der Waals surface area contributed by atoms with Gasteiger partial charge in [-0.2, -0.15) is 0 Å². The van der Waals surface area contributed by atoms with Gasteiger partial charge in [0, 0.05) is 18.0 Å². The van der Waals surface area contributed by atoms with E-state index >= 15 is 0 Å². The van der Waals surface area contributed by atoms with Gasteiger partial charge in [-0.3, -0.25) is 4.79 Å². The van der Waals surface area contributed by atoms with Gasteiger partial charge >= 0.3 is 5.63 Å². The Bertz CT molecular complexity index is 1010. The summed E-state index contributed by atoms with van der Waals surface area (Å²) in [6.07, 6.45) is 0.445. The van der Waals surface area contributed by atoms with E-state index in [-0.39, 0.29) is 29.5 Å². The van der Waals surface area contributed by atoms with Crippen LogP contribution in [-0.4, -0.2) is 49.9 Å². The number of methoxy groups -OCH3 is 1. The molecular weight excluding hydrogens is 334 g/mol. The standard InChI is InChI=1S/C16H15NO6S/c1-22-13-4-2-3-9-5-12(16(19)23-14(9)13)15(18)17-7-11-6-10(17)8-24(11,20)21/h2-5,10-11H,6-8H2,1H3. The lowest BCUT2D eigenvalue weighted by Crippen LogP contribution is -2.45. The van der Waals surface area contributed by atoms with Gasteiger partial charge in [0.1, 0.15) is 5.56 Å². The van der Waals surface area contributed by atoms with Crippen molar-refractivity contribution in [2.75, 3.05) is 19.4 Å². The van der Waals surface area contributed by atoms with Gasteiger partial charge in [0.2, 0.25) is 0 Å². The fraction of sp³-hybridized carbons (Fsp3) is 0.375. The van der Waals surface area contributed by atoms with Crippen LogP contribution >= 0.6 is 0 Å². The number of hydrogen-bond donors (Lipinski definition) is 0. The lowest BCUT2D eigenvalue weighted by atomic mass is 10.1. The van der Waals surface area contributed by atoms with Gasteiger partial charge in [-0.25, -0.2) is 13.2 Å². The number of rotatable bonds is 2. The van der Waals surface area contributed by atoms with Crippen molar-refractivity contribution in [1.29, 1.82) is 0 Å². The molecule has 2 atom stereocenters. The van der Waals surface area contributed by atoms with E-state index in [4.69, 9.17) is 9.15 Å². The number of nitrogens with zero attached hydrogens (tertiary/aromatic N) is 1. The average molecular weight is 349 g/mol. The van der Waals surface area contributed by atoms with E-state index < -0.39 is 26.6 Å². The van der Waals surface area contributed by atoms with Crippen LogP contribution in [0, 0.1) is 0 Å². The van der Waals surface area contributed by atoms with Crippen LogP contribution in [0.4, 0.5) is 0 Å². The number of likely N-dealkylation sites (tertiary alicyclic amines) is 1. The SMILES string of the molecule is COc1cccc2cc(C(=O)N3CC4CC3CS4(=O)=O)c(=O)oc12. The summed E-state index contributed by atoms with van der Waals surface area (Å²) in [5, 5.41) is 0.0633. The van der Waals surface area contributed by atoms with Crippen LogP contribution < -0.4 is 10.4 Å². The summed E-state index contributed by atoms with van der Waals surface area (Å²) in [5.74, 6) is -0.0957. The Labute approximate surface area is 137 Å². The van der Waals surface area contributed by atoms with Crippen LogP contribution in [0.2, 0.25) is 0 Å². The fourth-order valence-electron chi connectivity index (χ4n) is 3.53. The van der Waals surface area contributed by atoms with E-state index in [0.717, 1.165) is 0 Å². The molecule has 4 rings (SSSR count). The number of amides is 1. The Morgan fingerprint density at radius 1 is 1.38 bits per heavy atom. The summed E-state index contributed by atoms with van der Waals surface area (Å²) in [7, 11) is -1.63. The minimum Gasteiger partial charge on any atom is -0.493 e. The highest BCUT2D eigenvalue weighted by atomic mass is 32.2. The second-order valence-electron chi connectivity index (χ2n) is 6.12. The fourth-order valence-corrected chi connectivity index (χ4v) is 5.55. The maximum atomic E-state index is 12.7. The van der Waals surface area contributed by atoms with Gasteiger partial charge in [-0.15, -0.1) is 0 Å². The number of sulfone groups is 1. The molecule has 0 radical (unpaired) electrons. The molecule has 2 saturated heterocycles. The number of carbonyl (C=O) groups is 1. The van der Waals surface area contributed by atoms with E-state index in [0.29, 0.717) is 17.6 Å². The van der Waals surface area contributed by atoms with Gasteiger partial charge in [-0.05, 0) is 18.6 Å². The molecule has 8 heteroatoms. The second-order valence-corrected chi connectivity index (χ2v) is 8.45. The Balaban J connectivity index is 1.74. The summed E-state index contributed by atoms with van der Waals surface area (Å²) in [4.78, 5) is 26.4. The van der Waals surface area contributed by atoms with E-state index in [9.17, 15) is 18.0 Å². The normalized spacial score (nSPS) is 24.5. The maximum absolute atomic E-state index is 12.7. The van der Waals surface area contributed by atoms with Crippen molar-refractivity contribution in [3.8, 4) is 5.75 Å². The molecule has 3 heterocycles. The number of benzene rings is 1. The van der Waals surface area contributed by atoms with Crippen molar-refractivity contribution < 1.29 is 22.4 Å². The van der Waals surface area contributed by atoms with Crippen molar-refractivity contribution in [2.24, 2.45) is 0 Å². The molecule has 126 valence electrons. The summed E-state index contributed by atoms with van der Waals surface area (Å²) in [6, 6.07) is 6.24. The molecule has 2 aliphatic heterocycles. The van der Waals surface area contributed by atoms with Gasteiger partial charge in [-0.1, -0.05) is 12.1 Å². The van der Waals surface area contributed by atoms with Gasteiger partial charge < -0.3 is 14.1 Å². The molecule has 1 amide bonds. The van der Waals surface area contributed by atoms with Gasteiger partial charge in [0.15, 0.2) is 21.2 Å². The van der Waals surface area contributed by atoms with Crippen molar-refractivity contribution in [3.05, 3.63) is 40.2 Å². The van der Waals surface area contributed by atoms with E-state index in [1.54, 1.807) is 18.2 Å². The highest BCUT2D eigenvalue weighted by molar-refractivity contribution is 7.92. The topological polar surface area (TPSA) is 93.9 Å². The number of para-hydroxylation sites is 1. The molecule has 0 saturated carbocycles. The molecular formula is C16H15NO6S. The Hall–Kier alpha value is -2.35. The minimum absolute atomic E-state index is 0.0316. The van der Waals surface area contributed by atoms with E-state index in [2.05, 4.69) is 0 Å². The first kappa shape index (κ1) is 15.2. The van der Waals surface area contributed by atoms with Gasteiger partial charge in [0.05, 0.1) is 18.1 Å². The molecule has 24 heavy (non-hydrogen) atoms. The first-order valence-corrected chi connectivity index (χ1v) is 9.25. The summed E-state index contributed by atoms with van der Waals surface area (Å²) < 4.78 is 34.0. The molecule has 0 N–H and O–H groups in total. The van der Waals surface area contributed by atoms with Crippen LogP contribution in [0.15, 0.2) is 33.5 Å². The van der Waals surface area contributed by atoms with Crippen molar-refractivity contribution >= 4 is 26.7 Å². The molecule has 2 aromatic rings. The lowest BCUT2D eigenvalue weighted by Gasteiger charge is -2.26. The zero-order valence-corrected chi connectivity index (χ0v) is 13.7. The summed E-state index contributed by atoms with van der Waals surface area (Å²) in [5.41, 5.74) is -0.546. The molecule has 2 bridgehead atoms. The molecule has 0 spiro atoms. The van der Waals surface area contributed by atoms with Crippen molar-refractivity contribution in [3.63, 3.8) is 0 Å². The third kappa shape index (κ3) is 2.13. The van der Waals surface area contributed by atoms with Crippen molar-refractivity contribution in [1.82, 2.24) is 4.90 Å². The lowest BCUT2D eigenvalue weighted by molar-refractivity contribution is 0.0741. The van der Waals surface area contributed by atoms with Crippen LogP contribution in [0.5, 0.6) is 5.75 Å².